The van der Waals surface area contributed by atoms with Gasteiger partial charge in [0.25, 0.3) is 0 Å². The summed E-state index contributed by atoms with van der Waals surface area (Å²) in [5.74, 6) is -0.736. The zero-order valence-corrected chi connectivity index (χ0v) is 13.0. The van der Waals surface area contributed by atoms with Crippen LogP contribution >= 0.6 is 0 Å². The first-order valence-corrected chi connectivity index (χ1v) is 7.18. The molecule has 0 radical (unpaired) electrons. The van der Waals surface area contributed by atoms with Crippen molar-refractivity contribution in [3.05, 3.63) is 35.1 Å². The van der Waals surface area contributed by atoms with Crippen LogP contribution in [0, 0.1) is 5.82 Å². The molecule has 2 atom stereocenters. The molecule has 0 aromatic heterocycles. The van der Waals surface area contributed by atoms with E-state index in [-0.39, 0.29) is 29.9 Å². The fourth-order valence-corrected chi connectivity index (χ4v) is 2.66. The summed E-state index contributed by atoms with van der Waals surface area (Å²) < 4.78 is 44.5. The van der Waals surface area contributed by atoms with E-state index in [0.717, 1.165) is 0 Å². The van der Waals surface area contributed by atoms with Gasteiger partial charge in [-0.15, -0.1) is 0 Å². The monoisotopic (exact) mass is 282 g/mol. The van der Waals surface area contributed by atoms with Crippen molar-refractivity contribution in [1.82, 2.24) is 4.90 Å². The molecule has 1 heterocycles. The normalized spacial score (nSPS) is 27.0. The second kappa shape index (κ2) is 5.82. The summed E-state index contributed by atoms with van der Waals surface area (Å²) in [4.78, 5) is 2.12. The largest absolute Gasteiger partial charge is 0.373 e. The van der Waals surface area contributed by atoms with E-state index >= 15 is 0 Å². The average molecular weight is 282 g/mol. The minimum absolute atomic E-state index is 0.0581. The maximum Gasteiger partial charge on any atom is 0.126 e. The minimum Gasteiger partial charge on any atom is -0.373 e. The highest BCUT2D eigenvalue weighted by atomic mass is 19.1. The quantitative estimate of drug-likeness (QED) is 0.819. The van der Waals surface area contributed by atoms with Crippen LogP contribution in [-0.4, -0.2) is 30.2 Å². The Balaban J connectivity index is 2.44. The summed E-state index contributed by atoms with van der Waals surface area (Å²) in [6.07, 6.45) is 0.167. The van der Waals surface area contributed by atoms with Crippen LogP contribution in [0.25, 0.3) is 0 Å². The third-order valence-electron chi connectivity index (χ3n) is 3.45. The van der Waals surface area contributed by atoms with Gasteiger partial charge in [-0.05, 0) is 36.4 Å². The molecule has 2 nitrogen and oxygen atoms in total. The van der Waals surface area contributed by atoms with Crippen molar-refractivity contribution in [2.75, 3.05) is 13.1 Å². The van der Waals surface area contributed by atoms with E-state index in [0.29, 0.717) is 25.2 Å². The van der Waals surface area contributed by atoms with Crippen molar-refractivity contribution < 1.29 is 13.2 Å². The second-order valence-electron chi connectivity index (χ2n) is 6.74. The van der Waals surface area contributed by atoms with E-state index < -0.39 is 17.3 Å². The van der Waals surface area contributed by atoms with Gasteiger partial charge in [-0.25, -0.2) is 4.39 Å². The molecular formula is C17H26FNO. The molecule has 0 spiro atoms. The Morgan fingerprint density at radius 1 is 1.30 bits per heavy atom. The van der Waals surface area contributed by atoms with Gasteiger partial charge in [-0.2, -0.15) is 0 Å². The summed E-state index contributed by atoms with van der Waals surface area (Å²) in [7, 11) is 0. The smallest absolute Gasteiger partial charge is 0.126 e. The second-order valence-corrected chi connectivity index (χ2v) is 6.74. The highest BCUT2D eigenvalue weighted by molar-refractivity contribution is 5.30. The average Bonchev–Trinajstić information content (AvgIpc) is 2.39. The molecule has 0 saturated carbocycles. The van der Waals surface area contributed by atoms with Gasteiger partial charge in [0.1, 0.15) is 5.82 Å². The molecule has 1 aliphatic heterocycles. The predicted octanol–water partition coefficient (Wildman–Crippen LogP) is 3.73. The van der Waals surface area contributed by atoms with Crippen LogP contribution in [0.5, 0.6) is 0 Å². The van der Waals surface area contributed by atoms with Crippen molar-refractivity contribution in [2.45, 2.75) is 58.8 Å². The molecular weight excluding hydrogens is 253 g/mol. The van der Waals surface area contributed by atoms with Gasteiger partial charge in [0.05, 0.1) is 16.3 Å². The number of benzene rings is 1. The first-order chi connectivity index (χ1) is 10.5. The summed E-state index contributed by atoms with van der Waals surface area (Å²) in [6.45, 7) is 11.3. The van der Waals surface area contributed by atoms with Crippen LogP contribution in [0.1, 0.15) is 49.9 Å². The Hall–Kier alpha value is -0.930. The Labute approximate surface area is 126 Å². The highest BCUT2D eigenvalue weighted by Gasteiger charge is 2.23. The molecule has 2 unspecified atom stereocenters. The van der Waals surface area contributed by atoms with Crippen molar-refractivity contribution in [3.8, 4) is 0 Å². The topological polar surface area (TPSA) is 12.5 Å². The van der Waals surface area contributed by atoms with E-state index in [4.69, 9.17) is 8.85 Å². The number of morpholine rings is 1. The van der Waals surface area contributed by atoms with Gasteiger partial charge < -0.3 is 4.74 Å². The molecule has 1 aliphatic rings. The highest BCUT2D eigenvalue weighted by Crippen LogP contribution is 2.26. The molecule has 3 heteroatoms. The van der Waals surface area contributed by atoms with Gasteiger partial charge in [0, 0.05) is 19.6 Å². The molecule has 0 aliphatic carbocycles. The van der Waals surface area contributed by atoms with Crippen LogP contribution in [0.15, 0.2) is 18.1 Å². The standard InChI is InChI=1S/C17H26FNO/c1-12-9-19(10-13(2)20-12)11-14-6-7-16(18)15(8-14)17(3,4)5/h6-8,12-13H,9-11H2,1-5H3/i6D,7D,8D. The number of halogens is 1. The third-order valence-corrected chi connectivity index (χ3v) is 3.45. The van der Waals surface area contributed by atoms with Crippen molar-refractivity contribution >= 4 is 0 Å². The molecule has 1 fully saturated rings. The van der Waals surface area contributed by atoms with Crippen LogP contribution in [0.3, 0.4) is 0 Å². The number of rotatable bonds is 2. The van der Waals surface area contributed by atoms with Gasteiger partial charge in [-0.1, -0.05) is 32.9 Å². The SMILES string of the molecule is [2H]c1c([2H])c(CN2CC(C)OC(C)C2)c([2H])c(C(C)(C)C)c1F. The lowest BCUT2D eigenvalue weighted by atomic mass is 9.85. The molecule has 1 saturated heterocycles. The summed E-state index contributed by atoms with van der Waals surface area (Å²) in [5.41, 5.74) is 0.0795. The van der Waals surface area contributed by atoms with Crippen LogP contribution in [0.4, 0.5) is 4.39 Å². The number of ether oxygens (including phenoxy) is 1. The zero-order chi connectivity index (χ0) is 17.5. The maximum atomic E-state index is 14.4. The predicted molar refractivity (Wildman–Crippen MR) is 80.4 cm³/mol. The molecule has 1 aromatic carbocycles. The molecule has 0 amide bonds. The molecule has 0 bridgehead atoms. The molecule has 112 valence electrons. The summed E-state index contributed by atoms with van der Waals surface area (Å²) in [5, 5.41) is 0. The third kappa shape index (κ3) is 3.80. The lowest BCUT2D eigenvalue weighted by Crippen LogP contribution is -2.44. The Morgan fingerprint density at radius 3 is 2.45 bits per heavy atom. The first-order valence-electron chi connectivity index (χ1n) is 8.68. The van der Waals surface area contributed by atoms with E-state index in [1.54, 1.807) is 0 Å². The fraction of sp³-hybridized carbons (Fsp3) is 0.647. The van der Waals surface area contributed by atoms with Crippen molar-refractivity contribution in [2.24, 2.45) is 0 Å². The van der Waals surface area contributed by atoms with E-state index in [2.05, 4.69) is 4.90 Å². The maximum absolute atomic E-state index is 14.4. The molecule has 1 aromatic rings. The zero-order valence-electron chi connectivity index (χ0n) is 16.0. The number of nitrogens with zero attached hydrogens (tertiary/aromatic N) is 1. The van der Waals surface area contributed by atoms with E-state index in [9.17, 15) is 4.39 Å². The van der Waals surface area contributed by atoms with Crippen molar-refractivity contribution in [1.29, 1.82) is 0 Å². The Morgan fingerprint density at radius 2 is 1.90 bits per heavy atom. The van der Waals surface area contributed by atoms with Crippen molar-refractivity contribution in [3.63, 3.8) is 0 Å². The summed E-state index contributed by atoms with van der Waals surface area (Å²) in [6, 6.07) is -0.523. The van der Waals surface area contributed by atoms with E-state index in [1.165, 1.54) is 0 Å². The fourth-order valence-electron chi connectivity index (χ4n) is 2.66. The van der Waals surface area contributed by atoms with Gasteiger partial charge in [-0.3, -0.25) is 4.90 Å². The number of hydrogen-bond acceptors (Lipinski definition) is 2. The molecule has 2 rings (SSSR count). The summed E-state index contributed by atoms with van der Waals surface area (Å²) >= 11 is 0. The van der Waals surface area contributed by atoms with E-state index in [1.807, 2.05) is 34.6 Å². The lowest BCUT2D eigenvalue weighted by Gasteiger charge is -2.35. The van der Waals surface area contributed by atoms with Crippen LogP contribution < -0.4 is 0 Å². The number of hydrogen-bond donors (Lipinski definition) is 0. The van der Waals surface area contributed by atoms with Gasteiger partial charge in [0.15, 0.2) is 0 Å². The Kier molecular flexibility index (Phi) is 3.41. The van der Waals surface area contributed by atoms with Crippen LogP contribution in [-0.2, 0) is 16.7 Å². The lowest BCUT2D eigenvalue weighted by molar-refractivity contribution is -0.0705. The molecule has 20 heavy (non-hydrogen) atoms. The van der Waals surface area contributed by atoms with Gasteiger partial charge in [0.2, 0.25) is 0 Å². The minimum atomic E-state index is -0.736. The van der Waals surface area contributed by atoms with Gasteiger partial charge >= 0.3 is 0 Å². The van der Waals surface area contributed by atoms with Crippen LogP contribution in [0.2, 0.25) is 0 Å². The first kappa shape index (κ1) is 11.7. The Bertz CT molecular complexity index is 591. The molecule has 0 N–H and O–H groups in total.